The summed E-state index contributed by atoms with van der Waals surface area (Å²) in [7, 11) is 0. The number of aliphatic carboxylic acids is 1. The van der Waals surface area contributed by atoms with Crippen molar-refractivity contribution in [1.82, 2.24) is 10.6 Å². The van der Waals surface area contributed by atoms with E-state index in [1.807, 2.05) is 74.5 Å². The summed E-state index contributed by atoms with van der Waals surface area (Å²) < 4.78 is 10.5. The van der Waals surface area contributed by atoms with Gasteiger partial charge in [-0.25, -0.2) is 14.6 Å². The number of amides is 2. The van der Waals surface area contributed by atoms with Crippen LogP contribution in [0, 0.1) is 5.92 Å². The second-order valence-electron chi connectivity index (χ2n) is 9.44. The molecule has 0 saturated carbocycles. The van der Waals surface area contributed by atoms with Gasteiger partial charge in [-0.2, -0.15) is 0 Å². The van der Waals surface area contributed by atoms with Crippen molar-refractivity contribution >= 4 is 29.7 Å². The van der Waals surface area contributed by atoms with Gasteiger partial charge in [0.25, 0.3) is 5.90 Å². The van der Waals surface area contributed by atoms with Gasteiger partial charge in [0.05, 0.1) is 6.04 Å². The Morgan fingerprint density at radius 3 is 2.18 bits per heavy atom. The number of Topliss-reactive ketones (excluding diaryl/α,β-unsaturated/α-hetero) is 1. The van der Waals surface area contributed by atoms with Crippen molar-refractivity contribution in [3.05, 3.63) is 71.8 Å². The van der Waals surface area contributed by atoms with Gasteiger partial charge in [0.15, 0.2) is 6.04 Å². The lowest BCUT2D eigenvalue weighted by atomic mass is 9.99. The molecule has 3 N–H and O–H groups in total. The number of ketones is 1. The van der Waals surface area contributed by atoms with Gasteiger partial charge in [-0.3, -0.25) is 9.59 Å². The first-order chi connectivity index (χ1) is 18.2. The monoisotopic (exact) mass is 523 g/mol. The van der Waals surface area contributed by atoms with Crippen LogP contribution >= 0.6 is 0 Å². The first kappa shape index (κ1) is 28.4. The van der Waals surface area contributed by atoms with E-state index in [9.17, 15) is 24.3 Å². The van der Waals surface area contributed by atoms with Crippen molar-refractivity contribution in [2.24, 2.45) is 10.9 Å². The molecule has 0 saturated heterocycles. The SMILES string of the molecule is CC(C)CC(NC(=O)OCc1ccccc1)C(=O)NC(CCc1ccccc1)C(=O)C1=NC(C(=O)O)CO1. The fourth-order valence-corrected chi connectivity index (χ4v) is 3.89. The number of nitrogens with zero attached hydrogens (tertiary/aromatic N) is 1. The number of carbonyl (C=O) groups is 4. The highest BCUT2D eigenvalue weighted by Crippen LogP contribution is 2.13. The van der Waals surface area contributed by atoms with Crippen LogP contribution in [-0.2, 0) is 36.9 Å². The Kier molecular flexibility index (Phi) is 10.4. The summed E-state index contributed by atoms with van der Waals surface area (Å²) in [5.74, 6) is -2.65. The number of alkyl carbamates (subject to hydrolysis) is 1. The van der Waals surface area contributed by atoms with E-state index in [-0.39, 0.29) is 31.5 Å². The highest BCUT2D eigenvalue weighted by molar-refractivity contribution is 6.39. The molecule has 3 rings (SSSR count). The Morgan fingerprint density at radius 1 is 0.974 bits per heavy atom. The van der Waals surface area contributed by atoms with Crippen LogP contribution in [0.2, 0.25) is 0 Å². The van der Waals surface area contributed by atoms with Gasteiger partial charge in [0.2, 0.25) is 11.7 Å². The molecule has 2 aromatic carbocycles. The zero-order valence-corrected chi connectivity index (χ0v) is 21.5. The molecule has 0 aromatic heterocycles. The molecular weight excluding hydrogens is 490 g/mol. The quantitative estimate of drug-likeness (QED) is 0.366. The van der Waals surface area contributed by atoms with E-state index in [0.29, 0.717) is 12.8 Å². The Bertz CT molecular complexity index is 1140. The smallest absolute Gasteiger partial charge is 0.408 e. The highest BCUT2D eigenvalue weighted by atomic mass is 16.5. The van der Waals surface area contributed by atoms with Crippen molar-refractivity contribution in [3.8, 4) is 0 Å². The predicted octanol–water partition coefficient (Wildman–Crippen LogP) is 2.90. The molecule has 2 aromatic rings. The van der Waals surface area contributed by atoms with Gasteiger partial charge >= 0.3 is 12.1 Å². The molecule has 0 aliphatic carbocycles. The summed E-state index contributed by atoms with van der Waals surface area (Å²) in [6.45, 7) is 3.61. The lowest BCUT2D eigenvalue weighted by Gasteiger charge is -2.23. The maximum Gasteiger partial charge on any atom is 0.408 e. The summed E-state index contributed by atoms with van der Waals surface area (Å²) in [4.78, 5) is 54.1. The standard InChI is InChI=1S/C28H33N3O7/c1-18(2)15-22(31-28(36)38-16-20-11-7-4-8-12-20)25(33)29-21(14-13-19-9-5-3-6-10-19)24(32)26-30-23(17-37-26)27(34)35/h3-12,18,21-23H,13-17H2,1-2H3,(H,29,33)(H,31,36)(H,34,35). The number of hydrogen-bond acceptors (Lipinski definition) is 7. The van der Waals surface area contributed by atoms with E-state index < -0.39 is 41.9 Å². The summed E-state index contributed by atoms with van der Waals surface area (Å²) in [6.07, 6.45) is 0.246. The molecule has 10 nitrogen and oxygen atoms in total. The molecule has 1 aliphatic rings. The summed E-state index contributed by atoms with van der Waals surface area (Å²) >= 11 is 0. The zero-order chi connectivity index (χ0) is 27.5. The Morgan fingerprint density at radius 2 is 1.61 bits per heavy atom. The molecule has 1 aliphatic heterocycles. The minimum Gasteiger partial charge on any atom is -0.480 e. The Labute approximate surface area is 221 Å². The fourth-order valence-electron chi connectivity index (χ4n) is 3.89. The van der Waals surface area contributed by atoms with Crippen LogP contribution in [0.25, 0.3) is 0 Å². The molecule has 2 amide bonds. The highest BCUT2D eigenvalue weighted by Gasteiger charge is 2.35. The van der Waals surface area contributed by atoms with Gasteiger partial charge in [-0.15, -0.1) is 0 Å². The maximum atomic E-state index is 13.3. The third kappa shape index (κ3) is 8.72. The van der Waals surface area contributed by atoms with Gasteiger partial charge in [0.1, 0.15) is 19.3 Å². The van der Waals surface area contributed by atoms with Crippen molar-refractivity contribution in [2.45, 2.75) is 57.8 Å². The number of rotatable bonds is 13. The van der Waals surface area contributed by atoms with Crippen molar-refractivity contribution < 1.29 is 33.8 Å². The number of carboxylic acid groups (broad SMARTS) is 1. The van der Waals surface area contributed by atoms with Crippen LogP contribution in [0.3, 0.4) is 0 Å². The van der Waals surface area contributed by atoms with Crippen LogP contribution in [-0.4, -0.2) is 59.5 Å². The van der Waals surface area contributed by atoms with Gasteiger partial charge in [-0.05, 0) is 36.3 Å². The molecule has 202 valence electrons. The van der Waals surface area contributed by atoms with Crippen LogP contribution in [0.1, 0.15) is 37.8 Å². The zero-order valence-electron chi connectivity index (χ0n) is 21.5. The van der Waals surface area contributed by atoms with E-state index in [4.69, 9.17) is 9.47 Å². The molecule has 10 heteroatoms. The lowest BCUT2D eigenvalue weighted by Crippen LogP contribution is -2.53. The van der Waals surface area contributed by atoms with Crippen molar-refractivity contribution in [2.75, 3.05) is 6.61 Å². The van der Waals surface area contributed by atoms with Crippen molar-refractivity contribution in [1.29, 1.82) is 0 Å². The molecule has 3 atom stereocenters. The minimum absolute atomic E-state index is 0.0444. The average molecular weight is 524 g/mol. The number of hydrogen-bond donors (Lipinski definition) is 3. The lowest BCUT2D eigenvalue weighted by molar-refractivity contribution is -0.138. The van der Waals surface area contributed by atoms with E-state index in [0.717, 1.165) is 11.1 Å². The second kappa shape index (κ2) is 13.9. The number of carbonyl (C=O) groups excluding carboxylic acids is 3. The van der Waals surface area contributed by atoms with Crippen molar-refractivity contribution in [3.63, 3.8) is 0 Å². The second-order valence-corrected chi connectivity index (χ2v) is 9.44. The number of nitrogens with one attached hydrogen (secondary N) is 2. The fraction of sp³-hybridized carbons (Fsp3) is 0.393. The van der Waals surface area contributed by atoms with E-state index in [1.54, 1.807) is 0 Å². The third-order valence-corrected chi connectivity index (χ3v) is 5.87. The maximum absolute atomic E-state index is 13.3. The molecule has 1 heterocycles. The van der Waals surface area contributed by atoms with Crippen LogP contribution in [0.5, 0.6) is 0 Å². The molecule has 38 heavy (non-hydrogen) atoms. The largest absolute Gasteiger partial charge is 0.480 e. The topological polar surface area (TPSA) is 143 Å². The predicted molar refractivity (Wildman–Crippen MR) is 140 cm³/mol. The number of carboxylic acids is 1. The van der Waals surface area contributed by atoms with Crippen LogP contribution in [0.4, 0.5) is 4.79 Å². The molecule has 0 spiro atoms. The summed E-state index contributed by atoms with van der Waals surface area (Å²) in [6, 6.07) is 15.4. The van der Waals surface area contributed by atoms with Gasteiger partial charge in [0, 0.05) is 0 Å². The van der Waals surface area contributed by atoms with Gasteiger partial charge < -0.3 is 25.2 Å². The van der Waals surface area contributed by atoms with Crippen LogP contribution < -0.4 is 10.6 Å². The number of aliphatic imine (C=N–C) groups is 1. The first-order valence-electron chi connectivity index (χ1n) is 12.5. The van der Waals surface area contributed by atoms with Gasteiger partial charge in [-0.1, -0.05) is 74.5 Å². The summed E-state index contributed by atoms with van der Waals surface area (Å²) in [5.41, 5.74) is 1.76. The molecule has 3 unspecified atom stereocenters. The first-order valence-corrected chi connectivity index (χ1v) is 12.5. The van der Waals surface area contributed by atoms with Crippen LogP contribution in [0.15, 0.2) is 65.7 Å². The number of benzene rings is 2. The Balaban J connectivity index is 1.70. The normalized spacial score (nSPS) is 16.1. The molecule has 0 fully saturated rings. The number of ether oxygens (including phenoxy) is 2. The number of aryl methyl sites for hydroxylation is 1. The van der Waals surface area contributed by atoms with E-state index in [2.05, 4.69) is 15.6 Å². The average Bonchev–Trinajstić information content (AvgIpc) is 3.41. The van der Waals surface area contributed by atoms with E-state index >= 15 is 0 Å². The minimum atomic E-state index is -1.20. The molecular formula is C28H33N3O7. The third-order valence-electron chi connectivity index (χ3n) is 5.87. The Hall–Kier alpha value is -4.21. The molecule has 0 radical (unpaired) electrons. The molecule has 0 bridgehead atoms. The summed E-state index contributed by atoms with van der Waals surface area (Å²) in [5, 5.41) is 14.5. The van der Waals surface area contributed by atoms with E-state index in [1.165, 1.54) is 0 Å².